The predicted octanol–water partition coefficient (Wildman–Crippen LogP) is 1.50. The minimum absolute atomic E-state index is 0.198. The summed E-state index contributed by atoms with van der Waals surface area (Å²) in [6.45, 7) is 2.69. The van der Waals surface area contributed by atoms with Gasteiger partial charge in [0.2, 0.25) is 5.95 Å². The highest BCUT2D eigenvalue weighted by atomic mass is 15.1. The van der Waals surface area contributed by atoms with Crippen molar-refractivity contribution < 1.29 is 0 Å². The molecule has 0 saturated heterocycles. The second kappa shape index (κ2) is 5.12. The number of pyridine rings is 1. The summed E-state index contributed by atoms with van der Waals surface area (Å²) in [6.07, 6.45) is 4.30. The van der Waals surface area contributed by atoms with Crippen molar-refractivity contribution in [1.29, 1.82) is 0 Å². The van der Waals surface area contributed by atoms with Gasteiger partial charge >= 0.3 is 0 Å². The summed E-state index contributed by atoms with van der Waals surface area (Å²) in [5.74, 6) is 0.835. The molecule has 0 radical (unpaired) electrons. The SMILES string of the molecule is CCc1cccnc1CNc1nc(N)nc2nc[nH]c12. The molecule has 3 aromatic rings. The topological polar surface area (TPSA) is 105 Å². The quantitative estimate of drug-likeness (QED) is 0.663. The molecular formula is C13H15N7. The minimum Gasteiger partial charge on any atom is -0.368 e. The first kappa shape index (κ1) is 12.3. The third-order valence-electron chi connectivity index (χ3n) is 3.09. The van der Waals surface area contributed by atoms with Gasteiger partial charge in [0, 0.05) is 6.20 Å². The Balaban J connectivity index is 1.88. The Morgan fingerprint density at radius 1 is 1.30 bits per heavy atom. The first-order valence-corrected chi connectivity index (χ1v) is 6.41. The van der Waals surface area contributed by atoms with E-state index in [0.717, 1.165) is 17.6 Å². The summed E-state index contributed by atoms with van der Waals surface area (Å²) in [5.41, 5.74) is 9.18. The Bertz CT molecular complexity index is 734. The molecule has 0 aliphatic rings. The van der Waals surface area contributed by atoms with Gasteiger partial charge in [-0.15, -0.1) is 0 Å². The van der Waals surface area contributed by atoms with E-state index in [1.807, 2.05) is 6.07 Å². The van der Waals surface area contributed by atoms with Crippen LogP contribution in [0.15, 0.2) is 24.7 Å². The van der Waals surface area contributed by atoms with Crippen LogP contribution in [0.2, 0.25) is 0 Å². The van der Waals surface area contributed by atoms with Gasteiger partial charge in [-0.2, -0.15) is 9.97 Å². The van der Waals surface area contributed by atoms with E-state index < -0.39 is 0 Å². The normalized spacial score (nSPS) is 10.8. The lowest BCUT2D eigenvalue weighted by molar-refractivity contribution is 0.965. The van der Waals surface area contributed by atoms with E-state index in [0.29, 0.717) is 18.0 Å². The summed E-state index contributed by atoms with van der Waals surface area (Å²) in [4.78, 5) is 19.7. The summed E-state index contributed by atoms with van der Waals surface area (Å²) in [7, 11) is 0. The van der Waals surface area contributed by atoms with Crippen molar-refractivity contribution in [2.45, 2.75) is 19.9 Å². The van der Waals surface area contributed by atoms with Crippen molar-refractivity contribution in [2.75, 3.05) is 11.1 Å². The van der Waals surface area contributed by atoms with E-state index in [1.165, 1.54) is 5.56 Å². The highest BCUT2D eigenvalue weighted by Crippen LogP contribution is 2.18. The molecule has 0 bridgehead atoms. The third kappa shape index (κ3) is 2.25. The van der Waals surface area contributed by atoms with Crippen molar-refractivity contribution in [3.8, 4) is 0 Å². The number of aryl methyl sites for hydroxylation is 1. The molecule has 3 aromatic heterocycles. The first-order valence-electron chi connectivity index (χ1n) is 6.41. The number of nitrogens with two attached hydrogens (primary N) is 1. The number of H-pyrrole nitrogens is 1. The molecule has 0 atom stereocenters. The number of hydrogen-bond donors (Lipinski definition) is 3. The maximum absolute atomic E-state index is 5.68. The van der Waals surface area contributed by atoms with E-state index in [-0.39, 0.29) is 5.95 Å². The number of nitrogens with zero attached hydrogens (tertiary/aromatic N) is 4. The largest absolute Gasteiger partial charge is 0.368 e. The monoisotopic (exact) mass is 269 g/mol. The molecule has 0 amide bonds. The third-order valence-corrected chi connectivity index (χ3v) is 3.09. The zero-order chi connectivity index (χ0) is 13.9. The molecule has 102 valence electrons. The Labute approximate surface area is 115 Å². The maximum Gasteiger partial charge on any atom is 0.224 e. The van der Waals surface area contributed by atoms with Gasteiger partial charge in [0.05, 0.1) is 18.6 Å². The molecule has 4 N–H and O–H groups in total. The summed E-state index contributed by atoms with van der Waals surface area (Å²) < 4.78 is 0. The van der Waals surface area contributed by atoms with Crippen LogP contribution in [0.4, 0.5) is 11.8 Å². The standard InChI is InChI=1S/C13H15N7/c1-2-8-4-3-5-15-9(8)6-16-11-10-12(18-7-17-10)20-13(14)19-11/h3-5,7H,2,6H2,1H3,(H4,14,16,17,18,19,20). The summed E-state index contributed by atoms with van der Waals surface area (Å²) >= 11 is 0. The number of rotatable bonds is 4. The fraction of sp³-hybridized carbons (Fsp3) is 0.231. The number of hydrogen-bond acceptors (Lipinski definition) is 6. The van der Waals surface area contributed by atoms with Crippen LogP contribution in [0.1, 0.15) is 18.2 Å². The fourth-order valence-electron chi connectivity index (χ4n) is 2.10. The zero-order valence-corrected chi connectivity index (χ0v) is 11.1. The summed E-state index contributed by atoms with van der Waals surface area (Å²) in [5, 5.41) is 3.24. The van der Waals surface area contributed by atoms with Crippen LogP contribution in [0, 0.1) is 0 Å². The lowest BCUT2D eigenvalue weighted by Gasteiger charge is -2.09. The molecule has 7 nitrogen and oxygen atoms in total. The van der Waals surface area contributed by atoms with Gasteiger partial charge in [0.25, 0.3) is 0 Å². The van der Waals surface area contributed by atoms with Gasteiger partial charge < -0.3 is 16.0 Å². The van der Waals surface area contributed by atoms with Gasteiger partial charge in [-0.05, 0) is 18.1 Å². The zero-order valence-electron chi connectivity index (χ0n) is 11.1. The number of imidazole rings is 1. The van der Waals surface area contributed by atoms with Crippen LogP contribution in [-0.2, 0) is 13.0 Å². The van der Waals surface area contributed by atoms with Crippen LogP contribution in [0.3, 0.4) is 0 Å². The predicted molar refractivity (Wildman–Crippen MR) is 77.0 cm³/mol. The van der Waals surface area contributed by atoms with Gasteiger partial charge in [0.1, 0.15) is 5.52 Å². The maximum atomic E-state index is 5.68. The Hall–Kier alpha value is -2.70. The first-order chi connectivity index (χ1) is 9.78. The molecule has 0 spiro atoms. The second-order valence-corrected chi connectivity index (χ2v) is 4.35. The van der Waals surface area contributed by atoms with Crippen LogP contribution in [0.25, 0.3) is 11.2 Å². The molecule has 0 fully saturated rings. The molecule has 0 aliphatic heterocycles. The number of nitrogen functional groups attached to an aromatic ring is 1. The molecule has 3 heterocycles. The van der Waals surface area contributed by atoms with Gasteiger partial charge in [0.15, 0.2) is 11.5 Å². The minimum atomic E-state index is 0.198. The fourth-order valence-corrected chi connectivity index (χ4v) is 2.10. The lowest BCUT2D eigenvalue weighted by atomic mass is 10.1. The van der Waals surface area contributed by atoms with Crippen molar-refractivity contribution in [3.63, 3.8) is 0 Å². The van der Waals surface area contributed by atoms with Crippen molar-refractivity contribution in [2.24, 2.45) is 0 Å². The Morgan fingerprint density at radius 3 is 3.05 bits per heavy atom. The van der Waals surface area contributed by atoms with Gasteiger partial charge in [-0.25, -0.2) is 4.98 Å². The number of anilines is 2. The molecule has 0 aliphatic carbocycles. The number of aromatic nitrogens is 5. The van der Waals surface area contributed by atoms with Crippen LogP contribution >= 0.6 is 0 Å². The number of aromatic amines is 1. The average molecular weight is 269 g/mol. The van der Waals surface area contributed by atoms with Crippen LogP contribution < -0.4 is 11.1 Å². The highest BCUT2D eigenvalue weighted by Gasteiger charge is 2.09. The van der Waals surface area contributed by atoms with E-state index in [2.05, 4.69) is 43.2 Å². The second-order valence-electron chi connectivity index (χ2n) is 4.35. The molecule has 0 aromatic carbocycles. The van der Waals surface area contributed by atoms with Crippen LogP contribution in [-0.4, -0.2) is 24.9 Å². The smallest absolute Gasteiger partial charge is 0.224 e. The highest BCUT2D eigenvalue weighted by molar-refractivity contribution is 5.83. The number of fused-ring (bicyclic) bond motifs is 1. The van der Waals surface area contributed by atoms with E-state index >= 15 is 0 Å². The average Bonchev–Trinajstić information content (AvgIpc) is 2.93. The molecule has 20 heavy (non-hydrogen) atoms. The van der Waals surface area contributed by atoms with Gasteiger partial charge in [-0.3, -0.25) is 4.98 Å². The summed E-state index contributed by atoms with van der Waals surface area (Å²) in [6, 6.07) is 4.02. The Kier molecular flexibility index (Phi) is 3.16. The van der Waals surface area contributed by atoms with Crippen LogP contribution in [0.5, 0.6) is 0 Å². The molecule has 7 heteroatoms. The Morgan fingerprint density at radius 2 is 2.20 bits per heavy atom. The molecule has 3 rings (SSSR count). The molecular weight excluding hydrogens is 254 g/mol. The number of nitrogens with one attached hydrogen (secondary N) is 2. The van der Waals surface area contributed by atoms with E-state index in [4.69, 9.17) is 5.73 Å². The molecule has 0 saturated carbocycles. The van der Waals surface area contributed by atoms with Gasteiger partial charge in [-0.1, -0.05) is 13.0 Å². The van der Waals surface area contributed by atoms with E-state index in [9.17, 15) is 0 Å². The van der Waals surface area contributed by atoms with Crippen molar-refractivity contribution >= 4 is 22.9 Å². The van der Waals surface area contributed by atoms with Crippen molar-refractivity contribution in [1.82, 2.24) is 24.9 Å². The van der Waals surface area contributed by atoms with Crippen molar-refractivity contribution in [3.05, 3.63) is 35.9 Å². The lowest BCUT2D eigenvalue weighted by Crippen LogP contribution is -2.08. The molecule has 0 unspecified atom stereocenters. The van der Waals surface area contributed by atoms with E-state index in [1.54, 1.807) is 12.5 Å².